The fourth-order valence-electron chi connectivity index (χ4n) is 2.97. The Bertz CT molecular complexity index is 787. The molecule has 1 heterocycles. The second kappa shape index (κ2) is 8.43. The molecule has 1 aliphatic rings. The molecule has 134 valence electrons. The summed E-state index contributed by atoms with van der Waals surface area (Å²) in [5.74, 6) is -0.149. The van der Waals surface area contributed by atoms with Crippen LogP contribution in [0.4, 0.5) is 0 Å². The molecule has 5 nitrogen and oxygen atoms in total. The molecule has 2 amide bonds. The minimum Gasteiger partial charge on any atom is -0.333 e. The van der Waals surface area contributed by atoms with Gasteiger partial charge in [-0.25, -0.2) is 5.01 Å². The summed E-state index contributed by atoms with van der Waals surface area (Å²) in [5.41, 5.74) is 2.72. The lowest BCUT2D eigenvalue weighted by atomic mass is 10.1. The predicted octanol–water partition coefficient (Wildman–Crippen LogP) is 2.87. The van der Waals surface area contributed by atoms with Crippen LogP contribution < -0.4 is 0 Å². The van der Waals surface area contributed by atoms with E-state index in [0.717, 1.165) is 12.0 Å². The first kappa shape index (κ1) is 17.9. The lowest BCUT2D eigenvalue weighted by molar-refractivity contribution is -0.130. The molecule has 2 aromatic rings. The Morgan fingerprint density at radius 3 is 2.23 bits per heavy atom. The largest absolute Gasteiger partial charge is 0.333 e. The maximum absolute atomic E-state index is 13.0. The maximum atomic E-state index is 13.0. The number of carbonyl (C=O) groups excluding carboxylic acids is 2. The molecule has 0 aliphatic carbocycles. The van der Waals surface area contributed by atoms with E-state index in [1.807, 2.05) is 53.4 Å². The lowest BCUT2D eigenvalue weighted by Crippen LogP contribution is -2.41. The second-order valence-electron chi connectivity index (χ2n) is 6.41. The quantitative estimate of drug-likeness (QED) is 0.805. The molecule has 0 N–H and O–H groups in total. The van der Waals surface area contributed by atoms with Crippen LogP contribution in [0, 0.1) is 0 Å². The molecule has 0 radical (unpaired) electrons. The normalized spacial score (nSPS) is 14.1. The minimum atomic E-state index is -0.0934. The molecule has 26 heavy (non-hydrogen) atoms. The average Bonchev–Trinajstić information content (AvgIpc) is 2.68. The number of hydrogen-bond donors (Lipinski definition) is 0. The van der Waals surface area contributed by atoms with Crippen molar-refractivity contribution >= 4 is 17.5 Å². The highest BCUT2D eigenvalue weighted by Gasteiger charge is 2.26. The highest BCUT2D eigenvalue weighted by Crippen LogP contribution is 2.13. The van der Waals surface area contributed by atoms with Crippen molar-refractivity contribution in [1.29, 1.82) is 0 Å². The number of hydrogen-bond acceptors (Lipinski definition) is 3. The Balaban J connectivity index is 1.76. The van der Waals surface area contributed by atoms with Crippen LogP contribution in [0.1, 0.15) is 24.0 Å². The van der Waals surface area contributed by atoms with Crippen molar-refractivity contribution in [3.63, 3.8) is 0 Å². The number of rotatable bonds is 6. The molecular weight excluding hydrogens is 326 g/mol. The summed E-state index contributed by atoms with van der Waals surface area (Å²) in [6.07, 6.45) is 1.51. The first-order valence-corrected chi connectivity index (χ1v) is 8.84. The third-order valence-corrected chi connectivity index (χ3v) is 4.47. The summed E-state index contributed by atoms with van der Waals surface area (Å²) >= 11 is 0. The van der Waals surface area contributed by atoms with Crippen molar-refractivity contribution in [2.24, 2.45) is 5.10 Å². The first-order valence-electron chi connectivity index (χ1n) is 8.84. The van der Waals surface area contributed by atoms with Crippen molar-refractivity contribution in [3.8, 4) is 0 Å². The Morgan fingerprint density at radius 1 is 1.00 bits per heavy atom. The van der Waals surface area contributed by atoms with Gasteiger partial charge < -0.3 is 4.90 Å². The fraction of sp³-hybridized carbons (Fsp3) is 0.286. The van der Waals surface area contributed by atoms with Gasteiger partial charge in [-0.2, -0.15) is 5.10 Å². The van der Waals surface area contributed by atoms with Gasteiger partial charge in [-0.05, 0) is 17.5 Å². The molecule has 0 atom stereocenters. The predicted molar refractivity (Wildman–Crippen MR) is 101 cm³/mol. The van der Waals surface area contributed by atoms with E-state index in [4.69, 9.17) is 0 Å². The summed E-state index contributed by atoms with van der Waals surface area (Å²) in [6.45, 7) is 1.14. The van der Waals surface area contributed by atoms with E-state index in [0.29, 0.717) is 31.6 Å². The number of amides is 2. The van der Waals surface area contributed by atoms with Crippen LogP contribution in [0.3, 0.4) is 0 Å². The van der Waals surface area contributed by atoms with Crippen molar-refractivity contribution in [2.75, 3.05) is 13.6 Å². The topological polar surface area (TPSA) is 53.0 Å². The van der Waals surface area contributed by atoms with Crippen LogP contribution in [0.2, 0.25) is 0 Å². The van der Waals surface area contributed by atoms with Crippen molar-refractivity contribution < 1.29 is 9.59 Å². The monoisotopic (exact) mass is 349 g/mol. The van der Waals surface area contributed by atoms with Gasteiger partial charge in [-0.15, -0.1) is 0 Å². The zero-order valence-corrected chi connectivity index (χ0v) is 15.0. The molecule has 0 spiro atoms. The molecule has 0 saturated carbocycles. The SMILES string of the molecule is CN1N=C(C(=O)N(CCc2ccccc2)Cc2ccccc2)CCC1=O. The van der Waals surface area contributed by atoms with E-state index >= 15 is 0 Å². The Morgan fingerprint density at radius 2 is 1.62 bits per heavy atom. The summed E-state index contributed by atoms with van der Waals surface area (Å²) in [4.78, 5) is 26.5. The molecule has 1 aliphatic heterocycles. The summed E-state index contributed by atoms with van der Waals surface area (Å²) in [5, 5.41) is 5.46. The van der Waals surface area contributed by atoms with E-state index in [1.165, 1.54) is 10.6 Å². The molecule has 0 saturated heterocycles. The van der Waals surface area contributed by atoms with Crippen LogP contribution in [0.15, 0.2) is 65.8 Å². The third-order valence-electron chi connectivity index (χ3n) is 4.47. The summed E-state index contributed by atoms with van der Waals surface area (Å²) in [6, 6.07) is 20.1. The molecule has 0 fully saturated rings. The van der Waals surface area contributed by atoms with E-state index in [9.17, 15) is 9.59 Å². The van der Waals surface area contributed by atoms with Gasteiger partial charge in [0, 0.05) is 33.0 Å². The van der Waals surface area contributed by atoms with E-state index < -0.39 is 0 Å². The van der Waals surface area contributed by atoms with E-state index in [-0.39, 0.29) is 11.8 Å². The number of nitrogens with zero attached hydrogens (tertiary/aromatic N) is 3. The number of benzene rings is 2. The van der Waals surface area contributed by atoms with Crippen LogP contribution in [-0.4, -0.2) is 41.0 Å². The lowest BCUT2D eigenvalue weighted by Gasteiger charge is -2.26. The van der Waals surface area contributed by atoms with Gasteiger partial charge in [0.05, 0.1) is 0 Å². The maximum Gasteiger partial charge on any atom is 0.270 e. The van der Waals surface area contributed by atoms with Crippen LogP contribution in [0.25, 0.3) is 0 Å². The van der Waals surface area contributed by atoms with Gasteiger partial charge >= 0.3 is 0 Å². The average molecular weight is 349 g/mol. The Labute approximate surface area is 153 Å². The highest BCUT2D eigenvalue weighted by molar-refractivity contribution is 6.39. The van der Waals surface area contributed by atoms with Gasteiger partial charge in [0.2, 0.25) is 5.91 Å². The first-order chi connectivity index (χ1) is 12.6. The smallest absolute Gasteiger partial charge is 0.270 e. The van der Waals surface area contributed by atoms with Gasteiger partial charge in [-0.3, -0.25) is 9.59 Å². The standard InChI is InChI=1S/C21H23N3O2/c1-23-20(25)13-12-19(22-23)21(26)24(16-18-10-6-3-7-11-18)15-14-17-8-4-2-5-9-17/h2-11H,12-16H2,1H3. The molecule has 0 aromatic heterocycles. The summed E-state index contributed by atoms with van der Waals surface area (Å²) < 4.78 is 0. The molecule has 3 rings (SSSR count). The molecule has 5 heteroatoms. The minimum absolute atomic E-state index is 0.0551. The van der Waals surface area contributed by atoms with Gasteiger partial charge in [-0.1, -0.05) is 60.7 Å². The van der Waals surface area contributed by atoms with E-state index in [1.54, 1.807) is 7.05 Å². The van der Waals surface area contributed by atoms with Crippen molar-refractivity contribution in [1.82, 2.24) is 9.91 Å². The third kappa shape index (κ3) is 4.57. The van der Waals surface area contributed by atoms with Gasteiger partial charge in [0.25, 0.3) is 5.91 Å². The van der Waals surface area contributed by atoms with Gasteiger partial charge in [0.15, 0.2) is 0 Å². The fourth-order valence-corrected chi connectivity index (χ4v) is 2.97. The van der Waals surface area contributed by atoms with Crippen molar-refractivity contribution in [3.05, 3.63) is 71.8 Å². The Kier molecular flexibility index (Phi) is 5.79. The summed E-state index contributed by atoms with van der Waals surface area (Å²) in [7, 11) is 1.60. The highest BCUT2D eigenvalue weighted by atomic mass is 16.2. The van der Waals surface area contributed by atoms with Gasteiger partial charge in [0.1, 0.15) is 5.71 Å². The molecule has 2 aromatic carbocycles. The van der Waals surface area contributed by atoms with Crippen molar-refractivity contribution in [2.45, 2.75) is 25.8 Å². The zero-order chi connectivity index (χ0) is 18.4. The van der Waals surface area contributed by atoms with E-state index in [2.05, 4.69) is 17.2 Å². The molecule has 0 unspecified atom stereocenters. The van der Waals surface area contributed by atoms with Crippen LogP contribution >= 0.6 is 0 Å². The van der Waals surface area contributed by atoms with Crippen LogP contribution in [-0.2, 0) is 22.6 Å². The number of carbonyl (C=O) groups is 2. The zero-order valence-electron chi connectivity index (χ0n) is 15.0. The molecule has 0 bridgehead atoms. The van der Waals surface area contributed by atoms with Crippen LogP contribution in [0.5, 0.6) is 0 Å². The Hall–Kier alpha value is -2.95. The second-order valence-corrected chi connectivity index (χ2v) is 6.41. The number of hydrazone groups is 1. The molecular formula is C21H23N3O2.